The molecule has 2 aromatic rings. The van der Waals surface area contributed by atoms with Crippen molar-refractivity contribution in [2.24, 2.45) is 5.10 Å². The van der Waals surface area contributed by atoms with E-state index in [1.807, 2.05) is 0 Å². The zero-order valence-electron chi connectivity index (χ0n) is 14.3. The highest BCUT2D eigenvalue weighted by Gasteiger charge is 2.30. The Kier molecular flexibility index (Phi) is 6.53. The molecular formula is C18H17F3N4O2. The van der Waals surface area contributed by atoms with Gasteiger partial charge in [-0.3, -0.25) is 9.59 Å². The summed E-state index contributed by atoms with van der Waals surface area (Å²) < 4.78 is 37.9. The molecule has 3 N–H and O–H groups in total. The van der Waals surface area contributed by atoms with E-state index >= 15 is 0 Å². The number of hydrogen-bond donors (Lipinski definition) is 3. The largest absolute Gasteiger partial charge is 0.416 e. The lowest BCUT2D eigenvalue weighted by Crippen LogP contribution is -2.26. The molecule has 6 nitrogen and oxygen atoms in total. The van der Waals surface area contributed by atoms with Crippen LogP contribution in [0.3, 0.4) is 0 Å². The van der Waals surface area contributed by atoms with Gasteiger partial charge in [-0.15, -0.1) is 0 Å². The second kappa shape index (κ2) is 8.84. The first-order valence-corrected chi connectivity index (χ1v) is 7.85. The maximum Gasteiger partial charge on any atom is 0.416 e. The fourth-order valence-electron chi connectivity index (χ4n) is 2.06. The zero-order chi connectivity index (χ0) is 19.9. The Morgan fingerprint density at radius 1 is 1.07 bits per heavy atom. The molecule has 0 atom stereocenters. The number of alkyl halides is 3. The van der Waals surface area contributed by atoms with Crippen LogP contribution in [0.1, 0.15) is 18.1 Å². The van der Waals surface area contributed by atoms with Gasteiger partial charge in [0.25, 0.3) is 5.91 Å². The van der Waals surface area contributed by atoms with Gasteiger partial charge in [0.1, 0.15) is 0 Å². The Morgan fingerprint density at radius 3 is 2.41 bits per heavy atom. The lowest BCUT2D eigenvalue weighted by Gasteiger charge is -2.10. The standard InChI is InChI=1S/C18H17F3N4O2/c1-12(26)24-15-7-5-13(6-8-15)10-23-25-17(27)11-22-16-4-2-3-14(9-16)18(19,20)21/h2-10,22H,11H2,1H3,(H,24,26)(H,25,27). The predicted molar refractivity (Wildman–Crippen MR) is 96.4 cm³/mol. The van der Waals surface area contributed by atoms with E-state index in [-0.39, 0.29) is 18.1 Å². The molecule has 0 aromatic heterocycles. The number of rotatable bonds is 6. The van der Waals surface area contributed by atoms with Crippen LogP contribution in [0.5, 0.6) is 0 Å². The molecule has 2 aromatic carbocycles. The zero-order valence-corrected chi connectivity index (χ0v) is 14.3. The second-order valence-corrected chi connectivity index (χ2v) is 5.53. The van der Waals surface area contributed by atoms with E-state index in [9.17, 15) is 22.8 Å². The highest BCUT2D eigenvalue weighted by atomic mass is 19.4. The fraction of sp³-hybridized carbons (Fsp3) is 0.167. The summed E-state index contributed by atoms with van der Waals surface area (Å²) in [6.07, 6.45) is -3.04. The summed E-state index contributed by atoms with van der Waals surface area (Å²) >= 11 is 0. The summed E-state index contributed by atoms with van der Waals surface area (Å²) in [7, 11) is 0. The molecule has 0 spiro atoms. The normalized spacial score (nSPS) is 11.3. The SMILES string of the molecule is CC(=O)Nc1ccc(C=NNC(=O)CNc2cccc(C(F)(F)F)c2)cc1. The molecule has 0 unspecified atom stereocenters. The van der Waals surface area contributed by atoms with Crippen molar-refractivity contribution in [3.63, 3.8) is 0 Å². The molecular weight excluding hydrogens is 361 g/mol. The van der Waals surface area contributed by atoms with Crippen molar-refractivity contribution in [3.8, 4) is 0 Å². The molecule has 0 heterocycles. The van der Waals surface area contributed by atoms with Crippen LogP contribution in [0.2, 0.25) is 0 Å². The van der Waals surface area contributed by atoms with Gasteiger partial charge in [-0.25, -0.2) is 5.43 Å². The molecule has 142 valence electrons. The topological polar surface area (TPSA) is 82.6 Å². The smallest absolute Gasteiger partial charge is 0.376 e. The van der Waals surface area contributed by atoms with Gasteiger partial charge in [-0.1, -0.05) is 18.2 Å². The highest BCUT2D eigenvalue weighted by Crippen LogP contribution is 2.30. The fourth-order valence-corrected chi connectivity index (χ4v) is 2.06. The van der Waals surface area contributed by atoms with Gasteiger partial charge in [0, 0.05) is 18.3 Å². The van der Waals surface area contributed by atoms with Gasteiger partial charge in [0.2, 0.25) is 5.91 Å². The van der Waals surface area contributed by atoms with Crippen LogP contribution in [0.25, 0.3) is 0 Å². The number of nitrogens with one attached hydrogen (secondary N) is 3. The van der Waals surface area contributed by atoms with Gasteiger partial charge in [0.15, 0.2) is 0 Å². The lowest BCUT2D eigenvalue weighted by molar-refractivity contribution is -0.137. The van der Waals surface area contributed by atoms with Gasteiger partial charge >= 0.3 is 6.18 Å². The van der Waals surface area contributed by atoms with Crippen molar-refractivity contribution in [2.75, 3.05) is 17.2 Å². The Hall–Kier alpha value is -3.36. The van der Waals surface area contributed by atoms with Gasteiger partial charge in [-0.05, 0) is 35.9 Å². The summed E-state index contributed by atoms with van der Waals surface area (Å²) in [5.74, 6) is -0.699. The quantitative estimate of drug-likeness (QED) is 0.533. The number of carbonyl (C=O) groups is 2. The van der Waals surface area contributed by atoms with Crippen molar-refractivity contribution in [1.29, 1.82) is 0 Å². The van der Waals surface area contributed by atoms with Gasteiger partial charge in [0.05, 0.1) is 18.3 Å². The minimum absolute atomic E-state index is 0.178. The molecule has 0 aliphatic carbocycles. The number of halogens is 3. The van der Waals surface area contributed by atoms with Crippen LogP contribution in [0.15, 0.2) is 53.6 Å². The number of anilines is 2. The van der Waals surface area contributed by atoms with Crippen LogP contribution in [0.4, 0.5) is 24.5 Å². The molecule has 2 amide bonds. The molecule has 0 saturated heterocycles. The Balaban J connectivity index is 1.82. The Labute approximate surface area is 153 Å². The first kappa shape index (κ1) is 20.0. The molecule has 0 aliphatic heterocycles. The highest BCUT2D eigenvalue weighted by molar-refractivity contribution is 5.89. The third-order valence-electron chi connectivity index (χ3n) is 3.28. The monoisotopic (exact) mass is 378 g/mol. The molecule has 0 aliphatic rings. The predicted octanol–water partition coefficient (Wildman–Crippen LogP) is 3.23. The van der Waals surface area contributed by atoms with E-state index < -0.39 is 17.6 Å². The second-order valence-electron chi connectivity index (χ2n) is 5.53. The number of amides is 2. The van der Waals surface area contributed by atoms with Crippen LogP contribution in [-0.4, -0.2) is 24.6 Å². The molecule has 0 radical (unpaired) electrons. The molecule has 0 bridgehead atoms. The maximum atomic E-state index is 12.6. The van der Waals surface area contributed by atoms with E-state index in [4.69, 9.17) is 0 Å². The van der Waals surface area contributed by atoms with Crippen molar-refractivity contribution in [2.45, 2.75) is 13.1 Å². The van der Waals surface area contributed by atoms with Gasteiger partial charge < -0.3 is 10.6 Å². The number of hydrogen-bond acceptors (Lipinski definition) is 4. The Morgan fingerprint density at radius 2 is 1.78 bits per heavy atom. The third-order valence-corrected chi connectivity index (χ3v) is 3.28. The average molecular weight is 378 g/mol. The Bertz CT molecular complexity index is 833. The summed E-state index contributed by atoms with van der Waals surface area (Å²) in [6, 6.07) is 11.3. The van der Waals surface area contributed by atoms with Crippen LogP contribution in [0, 0.1) is 0 Å². The molecule has 0 saturated carbocycles. The molecule has 2 rings (SSSR count). The van der Waals surface area contributed by atoms with Crippen LogP contribution in [-0.2, 0) is 15.8 Å². The third kappa shape index (κ3) is 6.81. The van der Waals surface area contributed by atoms with Crippen LogP contribution < -0.4 is 16.1 Å². The summed E-state index contributed by atoms with van der Waals surface area (Å²) in [5, 5.41) is 8.99. The molecule has 27 heavy (non-hydrogen) atoms. The van der Waals surface area contributed by atoms with Crippen molar-refractivity contribution in [1.82, 2.24) is 5.43 Å². The molecule has 9 heteroatoms. The first-order chi connectivity index (χ1) is 12.7. The number of hydrazone groups is 1. The minimum Gasteiger partial charge on any atom is -0.376 e. The summed E-state index contributed by atoms with van der Waals surface area (Å²) in [4.78, 5) is 22.6. The maximum absolute atomic E-state index is 12.6. The van der Waals surface area contributed by atoms with E-state index in [0.717, 1.165) is 12.1 Å². The average Bonchev–Trinajstić information content (AvgIpc) is 2.60. The van der Waals surface area contributed by atoms with E-state index in [2.05, 4.69) is 21.2 Å². The van der Waals surface area contributed by atoms with E-state index in [1.165, 1.54) is 25.3 Å². The number of benzene rings is 2. The summed E-state index contributed by atoms with van der Waals surface area (Å²) in [5.41, 5.74) is 2.97. The van der Waals surface area contributed by atoms with E-state index in [0.29, 0.717) is 11.3 Å². The van der Waals surface area contributed by atoms with Gasteiger partial charge in [-0.2, -0.15) is 18.3 Å². The van der Waals surface area contributed by atoms with Crippen molar-refractivity contribution >= 4 is 29.4 Å². The van der Waals surface area contributed by atoms with Crippen LogP contribution >= 0.6 is 0 Å². The van der Waals surface area contributed by atoms with E-state index in [1.54, 1.807) is 24.3 Å². The number of nitrogens with zero attached hydrogens (tertiary/aromatic N) is 1. The first-order valence-electron chi connectivity index (χ1n) is 7.85. The van der Waals surface area contributed by atoms with Crippen molar-refractivity contribution < 1.29 is 22.8 Å². The number of carbonyl (C=O) groups excluding carboxylic acids is 2. The molecule has 0 fully saturated rings. The lowest BCUT2D eigenvalue weighted by atomic mass is 10.2. The van der Waals surface area contributed by atoms with Crippen molar-refractivity contribution in [3.05, 3.63) is 59.7 Å². The summed E-state index contributed by atoms with van der Waals surface area (Å²) in [6.45, 7) is 1.17. The minimum atomic E-state index is -4.44.